The van der Waals surface area contributed by atoms with Gasteiger partial charge in [-0.1, -0.05) is 35.4 Å². The van der Waals surface area contributed by atoms with Crippen molar-refractivity contribution in [2.45, 2.75) is 43.1 Å². The van der Waals surface area contributed by atoms with Crippen LogP contribution in [-0.2, 0) is 15.6 Å². The van der Waals surface area contributed by atoms with Crippen molar-refractivity contribution in [3.8, 4) is 10.4 Å². The number of nitrogens with zero attached hydrogens (tertiary/aromatic N) is 3. The third kappa shape index (κ3) is 3.81. The average molecular weight is 541 g/mol. The van der Waals surface area contributed by atoms with Crippen LogP contribution < -0.4 is 5.32 Å². The van der Waals surface area contributed by atoms with Crippen LogP contribution >= 0.6 is 22.9 Å². The van der Waals surface area contributed by atoms with E-state index < -0.39 is 15.6 Å². The summed E-state index contributed by atoms with van der Waals surface area (Å²) in [6.07, 6.45) is 8.29. The summed E-state index contributed by atoms with van der Waals surface area (Å²) >= 11 is 8.07. The first-order chi connectivity index (χ1) is 17.3. The first kappa shape index (κ1) is 23.8. The van der Waals surface area contributed by atoms with Crippen molar-refractivity contribution in [3.05, 3.63) is 70.1 Å². The lowest BCUT2D eigenvalue weighted by atomic mass is 9.81. The number of aryl methyl sites for hydroxylation is 1. The second-order valence-electron chi connectivity index (χ2n) is 9.43. The van der Waals surface area contributed by atoms with Gasteiger partial charge in [-0.05, 0) is 62.9 Å². The summed E-state index contributed by atoms with van der Waals surface area (Å²) in [5, 5.41) is 15.8. The van der Waals surface area contributed by atoms with Gasteiger partial charge in [0.25, 0.3) is 10.0 Å². The maximum Gasteiger partial charge on any atom is 0.269 e. The van der Waals surface area contributed by atoms with Gasteiger partial charge in [0, 0.05) is 29.9 Å². The number of aromatic nitrogens is 3. The van der Waals surface area contributed by atoms with Crippen LogP contribution in [0.1, 0.15) is 41.9 Å². The van der Waals surface area contributed by atoms with Crippen molar-refractivity contribution in [1.82, 2.24) is 19.3 Å². The van der Waals surface area contributed by atoms with E-state index in [2.05, 4.69) is 15.3 Å². The minimum Gasteiger partial charge on any atom is -0.383 e. The molecule has 1 aliphatic carbocycles. The molecule has 0 bridgehead atoms. The molecule has 36 heavy (non-hydrogen) atoms. The normalized spacial score (nSPS) is 17.7. The number of pyridine rings is 1. The van der Waals surface area contributed by atoms with E-state index in [9.17, 15) is 13.5 Å². The second-order valence-corrected chi connectivity index (χ2v) is 12.7. The molecule has 1 fully saturated rings. The maximum absolute atomic E-state index is 14.0. The van der Waals surface area contributed by atoms with E-state index in [1.54, 1.807) is 30.5 Å². The van der Waals surface area contributed by atoms with E-state index in [-0.39, 0.29) is 4.90 Å². The molecule has 10 heteroatoms. The van der Waals surface area contributed by atoms with Crippen molar-refractivity contribution in [1.29, 1.82) is 0 Å². The highest BCUT2D eigenvalue weighted by molar-refractivity contribution is 7.90. The molecule has 0 spiro atoms. The number of benzene rings is 1. The summed E-state index contributed by atoms with van der Waals surface area (Å²) < 4.78 is 29.4. The third-order valence-corrected chi connectivity index (χ3v) is 10.2. The fraction of sp³-hybridized carbons (Fsp3) is 0.308. The third-order valence-electron chi connectivity index (χ3n) is 7.02. The molecule has 0 amide bonds. The zero-order chi connectivity index (χ0) is 25.1. The summed E-state index contributed by atoms with van der Waals surface area (Å²) in [7, 11) is -3.95. The van der Waals surface area contributed by atoms with Crippen LogP contribution in [0.15, 0.2) is 53.7 Å². The van der Waals surface area contributed by atoms with Crippen molar-refractivity contribution in [3.63, 3.8) is 0 Å². The van der Waals surface area contributed by atoms with E-state index in [0.29, 0.717) is 58.1 Å². The van der Waals surface area contributed by atoms with Gasteiger partial charge < -0.3 is 10.4 Å². The lowest BCUT2D eigenvalue weighted by molar-refractivity contribution is -0.0389. The largest absolute Gasteiger partial charge is 0.383 e. The molecule has 4 aromatic rings. The predicted molar refractivity (Wildman–Crippen MR) is 143 cm³/mol. The predicted octanol–water partition coefficient (Wildman–Crippen LogP) is 5.11. The van der Waals surface area contributed by atoms with Gasteiger partial charge in [-0.2, -0.15) is 0 Å². The monoisotopic (exact) mass is 540 g/mol. The Morgan fingerprint density at radius 2 is 1.94 bits per heavy atom. The lowest BCUT2D eigenvalue weighted by Crippen LogP contribution is -2.33. The summed E-state index contributed by atoms with van der Waals surface area (Å²) in [4.78, 5) is 10.00. The van der Waals surface area contributed by atoms with Gasteiger partial charge >= 0.3 is 0 Å². The van der Waals surface area contributed by atoms with Crippen molar-refractivity contribution in [2.24, 2.45) is 0 Å². The lowest BCUT2D eigenvalue weighted by Gasteiger charge is -2.34. The quantitative estimate of drug-likeness (QED) is 0.365. The summed E-state index contributed by atoms with van der Waals surface area (Å²) in [6, 6.07) is 8.72. The molecule has 0 radical (unpaired) electrons. The highest BCUT2D eigenvalue weighted by Gasteiger charge is 2.39. The number of aliphatic hydroxyl groups is 1. The highest BCUT2D eigenvalue weighted by Crippen LogP contribution is 2.46. The Labute approximate surface area is 218 Å². The van der Waals surface area contributed by atoms with Gasteiger partial charge in [-0.15, -0.1) is 11.3 Å². The Balaban J connectivity index is 1.60. The zero-order valence-electron chi connectivity index (χ0n) is 19.7. The molecule has 0 atom stereocenters. The zero-order valence-corrected chi connectivity index (χ0v) is 22.1. The molecule has 6 rings (SSSR count). The van der Waals surface area contributed by atoms with E-state index in [1.807, 2.05) is 19.1 Å². The second kappa shape index (κ2) is 8.78. The van der Waals surface area contributed by atoms with Crippen LogP contribution in [0, 0.1) is 6.92 Å². The molecule has 0 unspecified atom stereocenters. The molecule has 2 aliphatic rings. The standard InChI is InChI=1S/C26H25ClN4O3S2/c1-16-3-5-18(6-4-16)36(33,34)31-21(17-7-11-28-12-8-17)13-19-23(20(27)14-29-24(19)31)22-15-30-25(35-22)26(32)9-2-10-26/h3-7,13-15,28,32H,2,8-12H2,1H3. The maximum atomic E-state index is 14.0. The van der Waals surface area contributed by atoms with E-state index in [0.717, 1.165) is 29.0 Å². The van der Waals surface area contributed by atoms with Gasteiger partial charge in [-0.3, -0.25) is 0 Å². The van der Waals surface area contributed by atoms with Crippen LogP contribution in [-0.4, -0.2) is 40.6 Å². The van der Waals surface area contributed by atoms with E-state index in [4.69, 9.17) is 11.6 Å². The number of hydrogen-bond donors (Lipinski definition) is 2. The Morgan fingerprint density at radius 1 is 1.17 bits per heavy atom. The molecule has 1 aliphatic heterocycles. The van der Waals surface area contributed by atoms with E-state index >= 15 is 0 Å². The fourth-order valence-corrected chi connectivity index (χ4v) is 7.75. The fourth-order valence-electron chi connectivity index (χ4n) is 4.82. The topological polar surface area (TPSA) is 97.1 Å². The number of hydrogen-bond acceptors (Lipinski definition) is 7. The average Bonchev–Trinajstić information content (AvgIpc) is 3.49. The summed E-state index contributed by atoms with van der Waals surface area (Å²) in [5.74, 6) is 0. The number of nitrogens with one attached hydrogen (secondary N) is 1. The van der Waals surface area contributed by atoms with Crippen LogP contribution in [0.3, 0.4) is 0 Å². The first-order valence-electron chi connectivity index (χ1n) is 11.9. The Bertz CT molecular complexity index is 1620. The molecule has 3 aromatic heterocycles. The smallest absolute Gasteiger partial charge is 0.269 e. The van der Waals surface area contributed by atoms with Gasteiger partial charge in [0.05, 0.1) is 20.5 Å². The van der Waals surface area contributed by atoms with Crippen molar-refractivity contribution in [2.75, 3.05) is 13.1 Å². The number of thiazole rings is 1. The Morgan fingerprint density at radius 3 is 2.61 bits per heavy atom. The number of halogens is 1. The van der Waals surface area contributed by atoms with Crippen LogP contribution in [0.25, 0.3) is 27.0 Å². The Kier molecular flexibility index (Phi) is 5.81. The molecule has 2 N–H and O–H groups in total. The minimum absolute atomic E-state index is 0.201. The van der Waals surface area contributed by atoms with Crippen LogP contribution in [0.4, 0.5) is 0 Å². The van der Waals surface area contributed by atoms with Crippen molar-refractivity contribution >= 4 is 49.6 Å². The summed E-state index contributed by atoms with van der Waals surface area (Å²) in [5.41, 5.74) is 2.63. The van der Waals surface area contributed by atoms with Crippen LogP contribution in [0.5, 0.6) is 0 Å². The molecular formula is C26H25ClN4O3S2. The molecule has 4 heterocycles. The van der Waals surface area contributed by atoms with E-state index in [1.165, 1.54) is 21.5 Å². The molecular weight excluding hydrogens is 516 g/mol. The SMILES string of the molecule is Cc1ccc(S(=O)(=O)n2c(C3=CCNCC3)cc3c(-c4cnc(C5(O)CCC5)s4)c(Cl)cnc32)cc1. The first-order valence-corrected chi connectivity index (χ1v) is 14.5. The van der Waals surface area contributed by atoms with Gasteiger partial charge in [0.2, 0.25) is 0 Å². The molecule has 7 nitrogen and oxygen atoms in total. The molecule has 186 valence electrons. The van der Waals surface area contributed by atoms with Gasteiger partial charge in [-0.25, -0.2) is 22.4 Å². The minimum atomic E-state index is -3.95. The number of fused-ring (bicyclic) bond motifs is 1. The molecule has 1 aromatic carbocycles. The van der Waals surface area contributed by atoms with Crippen molar-refractivity contribution < 1.29 is 13.5 Å². The van der Waals surface area contributed by atoms with Gasteiger partial charge in [0.1, 0.15) is 10.6 Å². The summed E-state index contributed by atoms with van der Waals surface area (Å²) in [6.45, 7) is 3.35. The Hall–Kier alpha value is -2.56. The number of rotatable bonds is 5. The molecule has 1 saturated carbocycles. The van der Waals surface area contributed by atoms with Crippen LogP contribution in [0.2, 0.25) is 5.02 Å². The van der Waals surface area contributed by atoms with Gasteiger partial charge in [0.15, 0.2) is 5.65 Å². The molecule has 0 saturated heterocycles. The highest BCUT2D eigenvalue weighted by atomic mass is 35.5.